The molecule has 112 valence electrons. The van der Waals surface area contributed by atoms with Crippen molar-refractivity contribution >= 4 is 28.8 Å². The fraction of sp³-hybridized carbons (Fsp3) is 0.412. The highest BCUT2D eigenvalue weighted by molar-refractivity contribution is 8.01. The maximum Gasteiger partial charge on any atom is 0.0653 e. The molecule has 1 aliphatic rings. The maximum absolute atomic E-state index is 3.74. The first-order chi connectivity index (χ1) is 10.1. The Bertz CT molecular complexity index is 606. The summed E-state index contributed by atoms with van der Waals surface area (Å²) in [5, 5.41) is 6.64. The van der Waals surface area contributed by atoms with E-state index in [0.717, 1.165) is 6.54 Å². The SMILES string of the molecule is C[C@H]1CC(Nc2cccc(CN(C)C)c2)c2ccsc2S1. The molecule has 1 unspecified atom stereocenters. The second-order valence-corrected chi connectivity index (χ2v) is 8.59. The molecular formula is C17H22N2S2. The molecule has 0 saturated carbocycles. The average Bonchev–Trinajstić information content (AvgIpc) is 2.86. The zero-order valence-electron chi connectivity index (χ0n) is 12.8. The van der Waals surface area contributed by atoms with E-state index < -0.39 is 0 Å². The Morgan fingerprint density at radius 1 is 1.29 bits per heavy atom. The van der Waals surface area contributed by atoms with Gasteiger partial charge in [0.15, 0.2) is 0 Å². The fourth-order valence-electron chi connectivity index (χ4n) is 2.81. The predicted molar refractivity (Wildman–Crippen MR) is 94.5 cm³/mol. The molecule has 0 aliphatic carbocycles. The number of hydrogen-bond donors (Lipinski definition) is 1. The fourth-order valence-corrected chi connectivity index (χ4v) is 5.38. The molecule has 0 fully saturated rings. The van der Waals surface area contributed by atoms with Crippen molar-refractivity contribution in [2.45, 2.75) is 35.4 Å². The van der Waals surface area contributed by atoms with Crippen LogP contribution in [0, 0.1) is 0 Å². The average molecular weight is 319 g/mol. The Morgan fingerprint density at radius 2 is 2.14 bits per heavy atom. The number of anilines is 1. The van der Waals surface area contributed by atoms with E-state index in [9.17, 15) is 0 Å². The molecule has 0 spiro atoms. The molecule has 2 aromatic rings. The van der Waals surface area contributed by atoms with Crippen LogP contribution in [0.3, 0.4) is 0 Å². The minimum absolute atomic E-state index is 0.442. The van der Waals surface area contributed by atoms with Gasteiger partial charge in [-0.2, -0.15) is 0 Å². The summed E-state index contributed by atoms with van der Waals surface area (Å²) in [6.45, 7) is 3.31. The molecule has 0 bridgehead atoms. The van der Waals surface area contributed by atoms with Crippen molar-refractivity contribution in [1.29, 1.82) is 0 Å². The summed E-state index contributed by atoms with van der Waals surface area (Å²) in [5.41, 5.74) is 4.06. The van der Waals surface area contributed by atoms with Crippen molar-refractivity contribution < 1.29 is 0 Å². The molecule has 2 nitrogen and oxygen atoms in total. The predicted octanol–water partition coefficient (Wildman–Crippen LogP) is 4.85. The molecule has 3 rings (SSSR count). The second-order valence-electron chi connectivity index (χ2n) is 5.96. The smallest absolute Gasteiger partial charge is 0.0653 e. The molecule has 1 N–H and O–H groups in total. The topological polar surface area (TPSA) is 15.3 Å². The number of thioether (sulfide) groups is 1. The molecule has 2 atom stereocenters. The molecule has 1 aliphatic heterocycles. The summed E-state index contributed by atoms with van der Waals surface area (Å²) in [7, 11) is 4.22. The van der Waals surface area contributed by atoms with E-state index in [2.05, 4.69) is 66.9 Å². The number of nitrogens with zero attached hydrogens (tertiary/aromatic N) is 1. The highest BCUT2D eigenvalue weighted by Crippen LogP contribution is 2.44. The van der Waals surface area contributed by atoms with Crippen molar-refractivity contribution in [2.24, 2.45) is 0 Å². The van der Waals surface area contributed by atoms with Crippen molar-refractivity contribution in [3.05, 3.63) is 46.8 Å². The number of hydrogen-bond acceptors (Lipinski definition) is 4. The summed E-state index contributed by atoms with van der Waals surface area (Å²) in [6.07, 6.45) is 1.19. The number of benzene rings is 1. The minimum atomic E-state index is 0.442. The van der Waals surface area contributed by atoms with Gasteiger partial charge in [-0.1, -0.05) is 19.1 Å². The van der Waals surface area contributed by atoms with Gasteiger partial charge in [-0.05, 0) is 55.2 Å². The third-order valence-electron chi connectivity index (χ3n) is 3.68. The van der Waals surface area contributed by atoms with Crippen LogP contribution >= 0.6 is 23.1 Å². The lowest BCUT2D eigenvalue weighted by molar-refractivity contribution is 0.402. The third-order valence-corrected chi connectivity index (χ3v) is 6.02. The van der Waals surface area contributed by atoms with Crippen LogP contribution in [0.5, 0.6) is 0 Å². The van der Waals surface area contributed by atoms with Crippen LogP contribution in [0.25, 0.3) is 0 Å². The van der Waals surface area contributed by atoms with Crippen LogP contribution in [-0.2, 0) is 6.54 Å². The summed E-state index contributed by atoms with van der Waals surface area (Å²) in [4.78, 5) is 2.20. The van der Waals surface area contributed by atoms with E-state index in [1.54, 1.807) is 0 Å². The molecule has 0 saturated heterocycles. The lowest BCUT2D eigenvalue weighted by Crippen LogP contribution is -2.19. The molecule has 1 aromatic heterocycles. The van der Waals surface area contributed by atoms with Crippen LogP contribution in [-0.4, -0.2) is 24.2 Å². The zero-order valence-corrected chi connectivity index (χ0v) is 14.4. The monoisotopic (exact) mass is 318 g/mol. The normalized spacial score (nSPS) is 21.3. The number of fused-ring (bicyclic) bond motifs is 1. The standard InChI is InChI=1S/C17H22N2S2/c1-12-9-16(15-7-8-20-17(15)21-12)18-14-6-4-5-13(10-14)11-19(2)3/h4-8,10,12,16,18H,9,11H2,1-3H3/t12-,16?/m0/s1. The van der Waals surface area contributed by atoms with Gasteiger partial charge in [0.2, 0.25) is 0 Å². The molecule has 0 radical (unpaired) electrons. The summed E-state index contributed by atoms with van der Waals surface area (Å²) in [5.74, 6) is 0. The molecule has 21 heavy (non-hydrogen) atoms. The van der Waals surface area contributed by atoms with E-state index >= 15 is 0 Å². The molecule has 2 heterocycles. The van der Waals surface area contributed by atoms with Crippen LogP contribution in [0.1, 0.15) is 30.5 Å². The maximum atomic E-state index is 3.74. The zero-order chi connectivity index (χ0) is 14.8. The Hall–Kier alpha value is -0.970. The van der Waals surface area contributed by atoms with E-state index in [4.69, 9.17) is 0 Å². The second kappa shape index (κ2) is 6.42. The van der Waals surface area contributed by atoms with Gasteiger partial charge in [-0.3, -0.25) is 0 Å². The first-order valence-electron chi connectivity index (χ1n) is 7.36. The molecule has 0 amide bonds. The number of thiophene rings is 1. The third kappa shape index (κ3) is 3.62. The Morgan fingerprint density at radius 3 is 2.95 bits per heavy atom. The first-order valence-corrected chi connectivity index (χ1v) is 9.12. The van der Waals surface area contributed by atoms with Gasteiger partial charge in [0, 0.05) is 17.5 Å². The Balaban J connectivity index is 1.78. The van der Waals surface area contributed by atoms with E-state index in [0.29, 0.717) is 11.3 Å². The van der Waals surface area contributed by atoms with E-state index in [-0.39, 0.29) is 0 Å². The molecular weight excluding hydrogens is 296 g/mol. The number of nitrogens with one attached hydrogen (secondary N) is 1. The Kier molecular flexibility index (Phi) is 4.57. The summed E-state index contributed by atoms with van der Waals surface area (Å²) < 4.78 is 1.48. The van der Waals surface area contributed by atoms with Crippen molar-refractivity contribution in [2.75, 3.05) is 19.4 Å². The lowest BCUT2D eigenvalue weighted by atomic mass is 10.0. The summed E-state index contributed by atoms with van der Waals surface area (Å²) >= 11 is 3.89. The van der Waals surface area contributed by atoms with Crippen molar-refractivity contribution in [3.8, 4) is 0 Å². The highest BCUT2D eigenvalue weighted by atomic mass is 32.2. The quantitative estimate of drug-likeness (QED) is 0.868. The van der Waals surface area contributed by atoms with Crippen molar-refractivity contribution in [1.82, 2.24) is 4.90 Å². The summed E-state index contributed by atoms with van der Waals surface area (Å²) in [6, 6.07) is 11.5. The van der Waals surface area contributed by atoms with Gasteiger partial charge in [0.25, 0.3) is 0 Å². The van der Waals surface area contributed by atoms with Gasteiger partial charge in [0.05, 0.1) is 10.3 Å². The van der Waals surface area contributed by atoms with Gasteiger partial charge in [-0.25, -0.2) is 0 Å². The van der Waals surface area contributed by atoms with Gasteiger partial charge in [0.1, 0.15) is 0 Å². The van der Waals surface area contributed by atoms with Gasteiger partial charge >= 0.3 is 0 Å². The molecule has 1 aromatic carbocycles. The van der Waals surface area contributed by atoms with Gasteiger partial charge < -0.3 is 10.2 Å². The minimum Gasteiger partial charge on any atom is -0.378 e. The van der Waals surface area contributed by atoms with Crippen LogP contribution in [0.4, 0.5) is 5.69 Å². The van der Waals surface area contributed by atoms with Gasteiger partial charge in [-0.15, -0.1) is 23.1 Å². The van der Waals surface area contributed by atoms with Crippen LogP contribution in [0.15, 0.2) is 39.9 Å². The van der Waals surface area contributed by atoms with Crippen molar-refractivity contribution in [3.63, 3.8) is 0 Å². The molecule has 4 heteroatoms. The number of rotatable bonds is 4. The lowest BCUT2D eigenvalue weighted by Gasteiger charge is -2.28. The largest absolute Gasteiger partial charge is 0.378 e. The first kappa shape index (κ1) is 14.9. The van der Waals surface area contributed by atoms with E-state index in [1.807, 2.05) is 23.1 Å². The van der Waals surface area contributed by atoms with E-state index in [1.165, 1.54) is 27.4 Å². The van der Waals surface area contributed by atoms with Crippen LogP contribution < -0.4 is 5.32 Å². The Labute approximate surface area is 135 Å². The van der Waals surface area contributed by atoms with Crippen LogP contribution in [0.2, 0.25) is 0 Å². The highest BCUT2D eigenvalue weighted by Gasteiger charge is 2.26.